The molecule has 1 aromatic rings. The Morgan fingerprint density at radius 3 is 2.76 bits per heavy atom. The van der Waals surface area contributed by atoms with Crippen molar-refractivity contribution < 1.29 is 29.0 Å². The number of hydrogen-bond acceptors (Lipinski definition) is 6. The van der Waals surface area contributed by atoms with Crippen molar-refractivity contribution in [2.45, 2.75) is 30.6 Å². The number of esters is 1. The summed E-state index contributed by atoms with van der Waals surface area (Å²) in [5.41, 5.74) is -0.831. The zero-order chi connectivity index (χ0) is 23.2. The Balaban J connectivity index is 1.62. The summed E-state index contributed by atoms with van der Waals surface area (Å²) in [7, 11) is 0. The van der Waals surface area contributed by atoms with Gasteiger partial charge < -0.3 is 24.4 Å². The van der Waals surface area contributed by atoms with Crippen molar-refractivity contribution >= 4 is 35.1 Å². The summed E-state index contributed by atoms with van der Waals surface area (Å²) >= 11 is 6.39. The number of carbonyl (C=O) groups excluding carboxylic acids is 3. The number of para-hydroxylation sites is 1. The van der Waals surface area contributed by atoms with E-state index in [1.54, 1.807) is 42.5 Å². The van der Waals surface area contributed by atoms with Crippen molar-refractivity contribution in [3.8, 4) is 0 Å². The molecule has 5 atom stereocenters. The van der Waals surface area contributed by atoms with Crippen LogP contribution in [0.15, 0.2) is 48.6 Å². The predicted molar refractivity (Wildman–Crippen MR) is 119 cm³/mol. The molecular formula is C24H25ClN2O6. The van der Waals surface area contributed by atoms with Crippen LogP contribution in [0.4, 0.5) is 5.69 Å². The Bertz CT molecular complexity index is 1040. The van der Waals surface area contributed by atoms with Gasteiger partial charge in [-0.3, -0.25) is 14.4 Å². The quantitative estimate of drug-likeness (QED) is 0.531. The number of aliphatic hydroxyl groups is 1. The van der Waals surface area contributed by atoms with Gasteiger partial charge in [0.25, 0.3) is 5.91 Å². The molecular weight excluding hydrogens is 448 g/mol. The number of halogens is 1. The fraction of sp³-hybridized carbons (Fsp3) is 0.458. The van der Waals surface area contributed by atoms with E-state index in [-0.39, 0.29) is 32.2 Å². The Morgan fingerprint density at radius 1 is 1.15 bits per heavy atom. The zero-order valence-electron chi connectivity index (χ0n) is 17.9. The van der Waals surface area contributed by atoms with Crippen LogP contribution in [0.5, 0.6) is 0 Å². The van der Waals surface area contributed by atoms with Crippen LogP contribution < -0.4 is 4.90 Å². The SMILES string of the molecule is O=C1OCCC/C=C\[C@@H]2O[C@]34C=CCN(c5ccccc5Cl)C(=O)C3N(CCO)C(=O)[C@@H]4[C@H]12. The molecule has 4 heterocycles. The van der Waals surface area contributed by atoms with Gasteiger partial charge in [-0.15, -0.1) is 0 Å². The number of likely N-dealkylation sites (tertiary alicyclic amines) is 1. The molecule has 33 heavy (non-hydrogen) atoms. The van der Waals surface area contributed by atoms with Gasteiger partial charge >= 0.3 is 5.97 Å². The molecule has 2 saturated heterocycles. The van der Waals surface area contributed by atoms with Crippen LogP contribution in [0, 0.1) is 11.8 Å². The summed E-state index contributed by atoms with van der Waals surface area (Å²) in [5.74, 6) is -3.08. The largest absolute Gasteiger partial charge is 0.465 e. The summed E-state index contributed by atoms with van der Waals surface area (Å²) in [6, 6.07) is 5.94. The molecule has 174 valence electrons. The molecule has 9 heteroatoms. The van der Waals surface area contributed by atoms with E-state index in [0.29, 0.717) is 17.1 Å². The number of allylic oxidation sites excluding steroid dienone is 1. The number of nitrogens with zero attached hydrogens (tertiary/aromatic N) is 2. The fourth-order valence-electron chi connectivity index (χ4n) is 5.49. The minimum atomic E-state index is -1.35. The first kappa shape index (κ1) is 22.1. The third kappa shape index (κ3) is 3.39. The number of aliphatic hydroxyl groups excluding tert-OH is 1. The van der Waals surface area contributed by atoms with Crippen molar-refractivity contribution in [3.05, 3.63) is 53.6 Å². The lowest BCUT2D eigenvalue weighted by molar-refractivity contribution is -0.154. The van der Waals surface area contributed by atoms with Crippen molar-refractivity contribution in [2.75, 3.05) is 31.2 Å². The highest BCUT2D eigenvalue weighted by atomic mass is 35.5. The van der Waals surface area contributed by atoms with Gasteiger partial charge in [0.05, 0.1) is 35.9 Å². The van der Waals surface area contributed by atoms with Crippen LogP contribution in [-0.2, 0) is 23.9 Å². The molecule has 5 rings (SSSR count). The molecule has 1 aromatic carbocycles. The van der Waals surface area contributed by atoms with Gasteiger partial charge in [0, 0.05) is 13.1 Å². The Kier molecular flexibility index (Phi) is 5.76. The van der Waals surface area contributed by atoms with Crippen LogP contribution >= 0.6 is 11.6 Å². The van der Waals surface area contributed by atoms with E-state index < -0.39 is 41.5 Å². The predicted octanol–water partition coefficient (Wildman–Crippen LogP) is 1.71. The van der Waals surface area contributed by atoms with Gasteiger partial charge in [-0.1, -0.05) is 48.0 Å². The van der Waals surface area contributed by atoms with E-state index in [0.717, 1.165) is 6.42 Å². The molecule has 1 spiro atoms. The third-order valence-electron chi connectivity index (χ3n) is 6.84. The summed E-state index contributed by atoms with van der Waals surface area (Å²) < 4.78 is 11.9. The maximum Gasteiger partial charge on any atom is 0.312 e. The standard InChI is InChI=1S/C24H25ClN2O6/c25-15-7-3-4-8-16(15)26-11-6-10-24-19(21(29)27(12-13-28)20(24)22(26)30)18-17(33-24)9-2-1-5-14-32-23(18)31/h2-4,6-10,17-20,28H,1,5,11-14H2/b9-2-/t17-,18+,19-,20?,24-/m0/s1. The molecule has 4 aliphatic heterocycles. The number of β-amino-alcohol motifs (C(OH)–C–C–N with tert-alkyl or cyclic N) is 1. The summed E-state index contributed by atoms with van der Waals surface area (Å²) in [4.78, 5) is 43.5. The second-order valence-corrected chi connectivity index (χ2v) is 9.04. The van der Waals surface area contributed by atoms with Crippen LogP contribution in [0.2, 0.25) is 5.02 Å². The minimum Gasteiger partial charge on any atom is -0.465 e. The maximum absolute atomic E-state index is 14.0. The average molecular weight is 473 g/mol. The van der Waals surface area contributed by atoms with Crippen molar-refractivity contribution in [1.82, 2.24) is 4.90 Å². The molecule has 0 radical (unpaired) electrons. The van der Waals surface area contributed by atoms with Gasteiger partial charge in [-0.25, -0.2) is 0 Å². The second kappa shape index (κ2) is 8.59. The lowest BCUT2D eigenvalue weighted by Gasteiger charge is -2.35. The number of cyclic esters (lactones) is 1. The number of hydrogen-bond donors (Lipinski definition) is 1. The van der Waals surface area contributed by atoms with Crippen LogP contribution in [0.25, 0.3) is 0 Å². The summed E-state index contributed by atoms with van der Waals surface area (Å²) in [5, 5.41) is 10.1. The summed E-state index contributed by atoms with van der Waals surface area (Å²) in [6.07, 6.45) is 7.99. The van der Waals surface area contributed by atoms with Gasteiger partial charge in [-0.05, 0) is 25.0 Å². The Hall–Kier alpha value is -2.68. The van der Waals surface area contributed by atoms with Crippen LogP contribution in [0.1, 0.15) is 12.8 Å². The Morgan fingerprint density at radius 2 is 1.97 bits per heavy atom. The first-order valence-electron chi connectivity index (χ1n) is 11.2. The molecule has 0 bridgehead atoms. The molecule has 2 amide bonds. The van der Waals surface area contributed by atoms with E-state index >= 15 is 0 Å². The molecule has 8 nitrogen and oxygen atoms in total. The topological polar surface area (TPSA) is 96.4 Å². The van der Waals surface area contributed by atoms with Gasteiger partial charge in [0.2, 0.25) is 5.91 Å². The van der Waals surface area contributed by atoms with Gasteiger partial charge in [0.1, 0.15) is 17.6 Å². The minimum absolute atomic E-state index is 0.0523. The van der Waals surface area contributed by atoms with Crippen LogP contribution in [0.3, 0.4) is 0 Å². The number of amides is 2. The van der Waals surface area contributed by atoms with E-state index in [9.17, 15) is 19.5 Å². The first-order valence-corrected chi connectivity index (χ1v) is 11.5. The molecule has 4 aliphatic rings. The summed E-state index contributed by atoms with van der Waals surface area (Å²) in [6.45, 7) is 0.114. The third-order valence-corrected chi connectivity index (χ3v) is 7.15. The molecule has 0 aromatic heterocycles. The number of anilines is 1. The second-order valence-electron chi connectivity index (χ2n) is 8.64. The van der Waals surface area contributed by atoms with E-state index in [4.69, 9.17) is 21.1 Å². The molecule has 0 aliphatic carbocycles. The zero-order valence-corrected chi connectivity index (χ0v) is 18.7. The monoisotopic (exact) mass is 472 g/mol. The molecule has 2 fully saturated rings. The molecule has 0 saturated carbocycles. The number of carbonyl (C=O) groups is 3. The Labute approximate surface area is 196 Å². The number of ether oxygens (including phenoxy) is 2. The van der Waals surface area contributed by atoms with E-state index in [2.05, 4.69) is 0 Å². The lowest BCUT2D eigenvalue weighted by Crippen LogP contribution is -2.55. The van der Waals surface area contributed by atoms with Crippen molar-refractivity contribution in [3.63, 3.8) is 0 Å². The van der Waals surface area contributed by atoms with Gasteiger partial charge in [0.15, 0.2) is 0 Å². The normalized spacial score (nSPS) is 34.5. The average Bonchev–Trinajstić information content (AvgIpc) is 3.20. The fourth-order valence-corrected chi connectivity index (χ4v) is 5.73. The molecule has 1 unspecified atom stereocenters. The lowest BCUT2D eigenvalue weighted by atomic mass is 9.78. The maximum atomic E-state index is 14.0. The number of rotatable bonds is 3. The smallest absolute Gasteiger partial charge is 0.312 e. The van der Waals surface area contributed by atoms with Crippen molar-refractivity contribution in [2.24, 2.45) is 11.8 Å². The highest BCUT2D eigenvalue weighted by Crippen LogP contribution is 2.53. The highest BCUT2D eigenvalue weighted by Gasteiger charge is 2.71. The first-order chi connectivity index (χ1) is 16.0. The van der Waals surface area contributed by atoms with E-state index in [1.807, 2.05) is 6.08 Å². The highest BCUT2D eigenvalue weighted by molar-refractivity contribution is 6.34. The van der Waals surface area contributed by atoms with Crippen LogP contribution in [-0.4, -0.2) is 71.8 Å². The molecule has 1 N–H and O–H groups in total. The van der Waals surface area contributed by atoms with E-state index in [1.165, 1.54) is 9.80 Å². The number of benzene rings is 1. The van der Waals surface area contributed by atoms with Gasteiger partial charge in [-0.2, -0.15) is 0 Å². The van der Waals surface area contributed by atoms with Crippen molar-refractivity contribution in [1.29, 1.82) is 0 Å². The number of fused-ring (bicyclic) bond motifs is 2.